The normalized spacial score (nSPS) is 19.3. The lowest BCUT2D eigenvalue weighted by Gasteiger charge is -2.22. The molecule has 0 saturated carbocycles. The molecule has 0 aliphatic carbocycles. The van der Waals surface area contributed by atoms with E-state index in [0.717, 1.165) is 49.8 Å². The second kappa shape index (κ2) is 6.55. The molecule has 0 radical (unpaired) electrons. The molecule has 112 valence electrons. The predicted octanol–water partition coefficient (Wildman–Crippen LogP) is 2.69. The molecule has 20 heavy (non-hydrogen) atoms. The predicted molar refractivity (Wildman–Crippen MR) is 80.0 cm³/mol. The van der Waals surface area contributed by atoms with Crippen molar-refractivity contribution in [2.45, 2.75) is 46.2 Å². The van der Waals surface area contributed by atoms with Gasteiger partial charge in [0.2, 0.25) is 0 Å². The Labute approximate surface area is 121 Å². The number of ether oxygens (including phenoxy) is 2. The van der Waals surface area contributed by atoms with Crippen LogP contribution < -0.4 is 10.1 Å². The Bertz CT molecular complexity index is 435. The van der Waals surface area contributed by atoms with Crippen LogP contribution in [0.1, 0.15) is 38.4 Å². The van der Waals surface area contributed by atoms with E-state index in [-0.39, 0.29) is 5.54 Å². The van der Waals surface area contributed by atoms with Gasteiger partial charge in [0.05, 0.1) is 13.2 Å². The molecule has 1 fully saturated rings. The third-order valence-electron chi connectivity index (χ3n) is 3.39. The summed E-state index contributed by atoms with van der Waals surface area (Å²) in [5, 5.41) is 3.48. The van der Waals surface area contributed by atoms with Crippen LogP contribution in [0, 0.1) is 12.8 Å². The van der Waals surface area contributed by atoms with E-state index in [1.807, 2.05) is 19.2 Å². The second-order valence-electron chi connectivity index (χ2n) is 6.58. The lowest BCUT2D eigenvalue weighted by Crippen LogP contribution is -2.35. The SMILES string of the molecule is Cc1cc(OCC2CCOC2)c(CNC(C)(C)C)cn1. The zero-order valence-corrected chi connectivity index (χ0v) is 13.0. The smallest absolute Gasteiger partial charge is 0.127 e. The van der Waals surface area contributed by atoms with Crippen LogP contribution in [0.2, 0.25) is 0 Å². The Morgan fingerprint density at radius 1 is 1.45 bits per heavy atom. The molecule has 1 aromatic heterocycles. The van der Waals surface area contributed by atoms with Gasteiger partial charge in [-0.25, -0.2) is 0 Å². The third kappa shape index (κ3) is 4.76. The molecule has 2 rings (SSSR count). The van der Waals surface area contributed by atoms with E-state index >= 15 is 0 Å². The standard InChI is InChI=1S/C16H26N2O2/c1-12-7-15(20-11-13-5-6-19-10-13)14(8-17-12)9-18-16(2,3)4/h7-8,13,18H,5-6,9-11H2,1-4H3. The van der Waals surface area contributed by atoms with Crippen molar-refractivity contribution in [2.24, 2.45) is 5.92 Å². The van der Waals surface area contributed by atoms with Crippen molar-refractivity contribution in [2.75, 3.05) is 19.8 Å². The fourth-order valence-corrected chi connectivity index (χ4v) is 2.11. The average Bonchev–Trinajstić information content (AvgIpc) is 2.87. The number of hydrogen-bond acceptors (Lipinski definition) is 4. The van der Waals surface area contributed by atoms with E-state index in [1.165, 1.54) is 0 Å². The maximum absolute atomic E-state index is 6.01. The Kier molecular flexibility index (Phi) is 5.00. The fourth-order valence-electron chi connectivity index (χ4n) is 2.11. The van der Waals surface area contributed by atoms with Crippen LogP contribution in [0.4, 0.5) is 0 Å². The fraction of sp³-hybridized carbons (Fsp3) is 0.688. The van der Waals surface area contributed by atoms with Crippen molar-refractivity contribution in [3.8, 4) is 5.75 Å². The minimum Gasteiger partial charge on any atom is -0.493 e. The molecule has 1 atom stereocenters. The largest absolute Gasteiger partial charge is 0.493 e. The topological polar surface area (TPSA) is 43.4 Å². The number of nitrogens with zero attached hydrogens (tertiary/aromatic N) is 1. The molecule has 1 saturated heterocycles. The molecular formula is C16H26N2O2. The zero-order valence-electron chi connectivity index (χ0n) is 13.0. The number of hydrogen-bond donors (Lipinski definition) is 1. The first-order valence-electron chi connectivity index (χ1n) is 7.35. The molecule has 2 heterocycles. The van der Waals surface area contributed by atoms with Crippen LogP contribution in [0.25, 0.3) is 0 Å². The Morgan fingerprint density at radius 2 is 2.25 bits per heavy atom. The first kappa shape index (κ1) is 15.3. The molecular weight excluding hydrogens is 252 g/mol. The van der Waals surface area contributed by atoms with Crippen LogP contribution >= 0.6 is 0 Å². The minimum absolute atomic E-state index is 0.0848. The first-order valence-corrected chi connectivity index (χ1v) is 7.35. The highest BCUT2D eigenvalue weighted by molar-refractivity contribution is 5.33. The molecule has 0 amide bonds. The lowest BCUT2D eigenvalue weighted by atomic mass is 10.1. The number of aromatic nitrogens is 1. The molecule has 1 unspecified atom stereocenters. The maximum atomic E-state index is 6.01. The Hall–Kier alpha value is -1.13. The van der Waals surface area contributed by atoms with Gasteiger partial charge < -0.3 is 14.8 Å². The zero-order chi connectivity index (χ0) is 14.6. The van der Waals surface area contributed by atoms with Gasteiger partial charge >= 0.3 is 0 Å². The van der Waals surface area contributed by atoms with Crippen molar-refractivity contribution >= 4 is 0 Å². The second-order valence-corrected chi connectivity index (χ2v) is 6.58. The summed E-state index contributed by atoms with van der Waals surface area (Å²) in [6, 6.07) is 2.02. The summed E-state index contributed by atoms with van der Waals surface area (Å²) in [6.45, 7) is 11.6. The minimum atomic E-state index is 0.0848. The Balaban J connectivity index is 1.99. The van der Waals surface area contributed by atoms with Gasteiger partial charge in [-0.2, -0.15) is 0 Å². The lowest BCUT2D eigenvalue weighted by molar-refractivity contribution is 0.166. The van der Waals surface area contributed by atoms with Crippen LogP contribution in [0.15, 0.2) is 12.3 Å². The summed E-state index contributed by atoms with van der Waals surface area (Å²) in [7, 11) is 0. The monoisotopic (exact) mass is 278 g/mol. The van der Waals surface area contributed by atoms with Crippen molar-refractivity contribution in [3.63, 3.8) is 0 Å². The molecule has 1 aliphatic rings. The first-order chi connectivity index (χ1) is 9.44. The van der Waals surface area contributed by atoms with Crippen molar-refractivity contribution < 1.29 is 9.47 Å². The van der Waals surface area contributed by atoms with E-state index in [0.29, 0.717) is 5.92 Å². The van der Waals surface area contributed by atoms with Crippen LogP contribution in [-0.2, 0) is 11.3 Å². The third-order valence-corrected chi connectivity index (χ3v) is 3.39. The van der Waals surface area contributed by atoms with Gasteiger partial charge in [-0.05, 0) is 34.1 Å². The van der Waals surface area contributed by atoms with Gasteiger partial charge in [0.1, 0.15) is 5.75 Å². The van der Waals surface area contributed by atoms with E-state index in [1.54, 1.807) is 0 Å². The van der Waals surface area contributed by atoms with Gasteiger partial charge in [-0.1, -0.05) is 0 Å². The van der Waals surface area contributed by atoms with Crippen molar-refractivity contribution in [3.05, 3.63) is 23.5 Å². The van der Waals surface area contributed by atoms with E-state index < -0.39 is 0 Å². The molecule has 0 aromatic carbocycles. The van der Waals surface area contributed by atoms with E-state index in [4.69, 9.17) is 9.47 Å². The number of aryl methyl sites for hydroxylation is 1. The number of rotatable bonds is 5. The van der Waals surface area contributed by atoms with Gasteiger partial charge in [-0.15, -0.1) is 0 Å². The summed E-state index contributed by atoms with van der Waals surface area (Å²) in [6.07, 6.45) is 3.01. The summed E-state index contributed by atoms with van der Waals surface area (Å²) >= 11 is 0. The molecule has 1 aromatic rings. The molecule has 4 heteroatoms. The van der Waals surface area contributed by atoms with Crippen molar-refractivity contribution in [1.29, 1.82) is 0 Å². The van der Waals surface area contributed by atoms with E-state index in [2.05, 4.69) is 31.1 Å². The van der Waals surface area contributed by atoms with Gasteiger partial charge in [0, 0.05) is 48.1 Å². The summed E-state index contributed by atoms with van der Waals surface area (Å²) < 4.78 is 11.4. The number of nitrogens with one attached hydrogen (secondary N) is 1. The molecule has 4 nitrogen and oxygen atoms in total. The molecule has 0 spiro atoms. The maximum Gasteiger partial charge on any atom is 0.127 e. The van der Waals surface area contributed by atoms with Gasteiger partial charge in [-0.3, -0.25) is 4.98 Å². The van der Waals surface area contributed by atoms with Crippen LogP contribution in [0.5, 0.6) is 5.75 Å². The highest BCUT2D eigenvalue weighted by Crippen LogP contribution is 2.22. The van der Waals surface area contributed by atoms with E-state index in [9.17, 15) is 0 Å². The quantitative estimate of drug-likeness (QED) is 0.899. The summed E-state index contributed by atoms with van der Waals surface area (Å²) in [4.78, 5) is 4.38. The number of pyridine rings is 1. The molecule has 0 bridgehead atoms. The van der Waals surface area contributed by atoms with Gasteiger partial charge in [0.15, 0.2) is 0 Å². The van der Waals surface area contributed by atoms with Crippen LogP contribution in [0.3, 0.4) is 0 Å². The highest BCUT2D eigenvalue weighted by atomic mass is 16.5. The highest BCUT2D eigenvalue weighted by Gasteiger charge is 2.17. The van der Waals surface area contributed by atoms with Gasteiger partial charge in [0.25, 0.3) is 0 Å². The molecule has 1 aliphatic heterocycles. The van der Waals surface area contributed by atoms with Crippen LogP contribution in [-0.4, -0.2) is 30.3 Å². The molecule has 1 N–H and O–H groups in total. The summed E-state index contributed by atoms with van der Waals surface area (Å²) in [5.41, 5.74) is 2.19. The Morgan fingerprint density at radius 3 is 2.90 bits per heavy atom. The summed E-state index contributed by atoms with van der Waals surface area (Å²) in [5.74, 6) is 1.47. The average molecular weight is 278 g/mol. The van der Waals surface area contributed by atoms with Crippen molar-refractivity contribution in [1.82, 2.24) is 10.3 Å².